The van der Waals surface area contributed by atoms with Gasteiger partial charge in [-0.15, -0.1) is 12.4 Å². The average molecular weight is 374 g/mol. The van der Waals surface area contributed by atoms with Crippen LogP contribution in [0.5, 0.6) is 0 Å². The third-order valence-corrected chi connectivity index (χ3v) is 4.50. The van der Waals surface area contributed by atoms with Gasteiger partial charge in [0.1, 0.15) is 0 Å². The Balaban J connectivity index is 0.00000208. The van der Waals surface area contributed by atoms with Crippen molar-refractivity contribution in [3.8, 4) is 0 Å². The molecule has 0 radical (unpaired) electrons. The fraction of sp³-hybridized carbons (Fsp3) is 0.400. The summed E-state index contributed by atoms with van der Waals surface area (Å²) in [6.07, 6.45) is 0.437. The van der Waals surface area contributed by atoms with Crippen molar-refractivity contribution in [2.45, 2.75) is 6.42 Å². The Labute approximate surface area is 150 Å². The van der Waals surface area contributed by atoms with E-state index in [2.05, 4.69) is 5.32 Å². The highest BCUT2D eigenvalue weighted by Crippen LogP contribution is 2.27. The van der Waals surface area contributed by atoms with Crippen molar-refractivity contribution >= 4 is 47.6 Å². The molecule has 2 fully saturated rings. The molecule has 1 atom stereocenters. The first-order valence-electron chi connectivity index (χ1n) is 7.34. The van der Waals surface area contributed by atoms with Crippen molar-refractivity contribution in [2.24, 2.45) is 5.92 Å². The monoisotopic (exact) mass is 373 g/mol. The van der Waals surface area contributed by atoms with Crippen molar-refractivity contribution in [3.05, 3.63) is 28.8 Å². The maximum atomic E-state index is 12.6. The zero-order valence-electron chi connectivity index (χ0n) is 12.7. The number of anilines is 1. The van der Waals surface area contributed by atoms with Crippen LogP contribution in [-0.2, 0) is 4.79 Å². The summed E-state index contributed by atoms with van der Waals surface area (Å²) in [6.45, 7) is 1.65. The molecule has 3 rings (SSSR count). The second-order valence-electron chi connectivity index (χ2n) is 5.62. The Morgan fingerprint density at radius 2 is 2.04 bits per heavy atom. The molecule has 0 aliphatic carbocycles. The molecule has 0 bridgehead atoms. The highest BCUT2D eigenvalue weighted by atomic mass is 35.5. The summed E-state index contributed by atoms with van der Waals surface area (Å²) in [6, 6.07) is 4.65. The molecule has 1 aromatic rings. The SMILES string of the molecule is Cl.O=C(O)C1CCN(C(=O)c2cc(N3CCNC3=O)ccc2Cl)C1. The first kappa shape index (κ1) is 18.4. The van der Waals surface area contributed by atoms with Crippen LogP contribution in [0.3, 0.4) is 0 Å². The van der Waals surface area contributed by atoms with Gasteiger partial charge in [-0.05, 0) is 24.6 Å². The predicted molar refractivity (Wildman–Crippen MR) is 91.1 cm³/mol. The van der Waals surface area contributed by atoms with E-state index in [1.807, 2.05) is 0 Å². The molecule has 0 spiro atoms. The van der Waals surface area contributed by atoms with Gasteiger partial charge in [0, 0.05) is 31.9 Å². The van der Waals surface area contributed by atoms with Crippen molar-refractivity contribution in [1.82, 2.24) is 10.2 Å². The lowest BCUT2D eigenvalue weighted by Gasteiger charge is -2.19. The zero-order chi connectivity index (χ0) is 16.6. The van der Waals surface area contributed by atoms with E-state index >= 15 is 0 Å². The maximum absolute atomic E-state index is 12.6. The van der Waals surface area contributed by atoms with Crippen molar-refractivity contribution in [1.29, 1.82) is 0 Å². The number of carboxylic acid groups (broad SMARTS) is 1. The Morgan fingerprint density at radius 3 is 2.62 bits per heavy atom. The van der Waals surface area contributed by atoms with E-state index in [1.54, 1.807) is 18.2 Å². The van der Waals surface area contributed by atoms with Crippen molar-refractivity contribution in [2.75, 3.05) is 31.1 Å². The number of hydrogen-bond acceptors (Lipinski definition) is 3. The Hall–Kier alpha value is -1.99. The van der Waals surface area contributed by atoms with Crippen LogP contribution in [0.15, 0.2) is 18.2 Å². The van der Waals surface area contributed by atoms with Crippen molar-refractivity contribution in [3.63, 3.8) is 0 Å². The number of nitrogens with zero attached hydrogens (tertiary/aromatic N) is 2. The van der Waals surface area contributed by atoms with Crippen molar-refractivity contribution < 1.29 is 19.5 Å². The number of carboxylic acids is 1. The molecule has 9 heteroatoms. The smallest absolute Gasteiger partial charge is 0.321 e. The molecule has 1 aromatic carbocycles. The first-order chi connectivity index (χ1) is 11.0. The quantitative estimate of drug-likeness (QED) is 0.845. The van der Waals surface area contributed by atoms with Gasteiger partial charge in [-0.1, -0.05) is 11.6 Å². The highest BCUT2D eigenvalue weighted by molar-refractivity contribution is 6.34. The molecule has 2 aliphatic heterocycles. The van der Waals surface area contributed by atoms with E-state index in [0.717, 1.165) is 0 Å². The van der Waals surface area contributed by atoms with Crippen LogP contribution in [0.1, 0.15) is 16.8 Å². The number of carbonyl (C=O) groups is 3. The minimum Gasteiger partial charge on any atom is -0.481 e. The van der Waals surface area contributed by atoms with Gasteiger partial charge >= 0.3 is 12.0 Å². The lowest BCUT2D eigenvalue weighted by atomic mass is 10.1. The van der Waals surface area contributed by atoms with Crippen LogP contribution in [0.4, 0.5) is 10.5 Å². The number of aliphatic carboxylic acids is 1. The van der Waals surface area contributed by atoms with E-state index in [4.69, 9.17) is 16.7 Å². The summed E-state index contributed by atoms with van der Waals surface area (Å²) in [5, 5.41) is 12.0. The van der Waals surface area contributed by atoms with Crippen LogP contribution in [0.25, 0.3) is 0 Å². The largest absolute Gasteiger partial charge is 0.481 e. The lowest BCUT2D eigenvalue weighted by Crippen LogP contribution is -2.31. The summed E-state index contributed by atoms with van der Waals surface area (Å²) in [4.78, 5) is 38.4. The standard InChI is InChI=1S/C15H16ClN3O4.ClH/c16-12-2-1-10(19-6-4-17-15(19)23)7-11(12)13(20)18-5-3-9(8-18)14(21)22;/h1-2,7,9H,3-6,8H2,(H,17,23)(H,21,22);1H. The molecule has 2 heterocycles. The second-order valence-corrected chi connectivity index (χ2v) is 6.03. The van der Waals surface area contributed by atoms with E-state index in [9.17, 15) is 14.4 Å². The average Bonchev–Trinajstić information content (AvgIpc) is 3.16. The van der Waals surface area contributed by atoms with Gasteiger partial charge in [0.25, 0.3) is 5.91 Å². The number of hydrogen-bond donors (Lipinski definition) is 2. The molecule has 24 heavy (non-hydrogen) atoms. The fourth-order valence-corrected chi connectivity index (χ4v) is 3.08. The van der Waals surface area contributed by atoms with Crippen LogP contribution in [0.2, 0.25) is 5.02 Å². The second kappa shape index (κ2) is 7.27. The minimum atomic E-state index is -0.895. The zero-order valence-corrected chi connectivity index (χ0v) is 14.3. The molecule has 0 saturated carbocycles. The maximum Gasteiger partial charge on any atom is 0.321 e. The lowest BCUT2D eigenvalue weighted by molar-refractivity contribution is -0.141. The van der Waals surface area contributed by atoms with Gasteiger partial charge in [0.15, 0.2) is 0 Å². The van der Waals surface area contributed by atoms with Gasteiger partial charge in [-0.2, -0.15) is 0 Å². The third kappa shape index (κ3) is 3.42. The van der Waals surface area contributed by atoms with Crippen LogP contribution in [-0.4, -0.2) is 54.1 Å². The van der Waals surface area contributed by atoms with E-state index in [1.165, 1.54) is 9.80 Å². The Kier molecular flexibility index (Phi) is 5.56. The summed E-state index contributed by atoms with van der Waals surface area (Å²) >= 11 is 6.13. The molecule has 2 aliphatic rings. The molecule has 0 aromatic heterocycles. The topological polar surface area (TPSA) is 89.9 Å². The van der Waals surface area contributed by atoms with Crippen LogP contribution >= 0.6 is 24.0 Å². The number of carbonyl (C=O) groups excluding carboxylic acids is 2. The molecule has 1 unspecified atom stereocenters. The van der Waals surface area contributed by atoms with Gasteiger partial charge < -0.3 is 15.3 Å². The van der Waals surface area contributed by atoms with Gasteiger partial charge in [0.2, 0.25) is 0 Å². The first-order valence-corrected chi connectivity index (χ1v) is 7.72. The minimum absolute atomic E-state index is 0. The molecule has 3 amide bonds. The van der Waals surface area contributed by atoms with E-state index in [-0.39, 0.29) is 41.5 Å². The molecule has 2 N–H and O–H groups in total. The normalized spacial score (nSPS) is 19.9. The fourth-order valence-electron chi connectivity index (χ4n) is 2.88. The summed E-state index contributed by atoms with van der Waals surface area (Å²) in [5.41, 5.74) is 0.886. The molecule has 7 nitrogen and oxygen atoms in total. The van der Waals surface area contributed by atoms with Gasteiger partial charge in [0.05, 0.1) is 16.5 Å². The predicted octanol–water partition coefficient (Wildman–Crippen LogP) is 1.84. The Bertz CT molecular complexity index is 683. The number of rotatable bonds is 3. The number of halogens is 2. The van der Waals surface area contributed by atoms with E-state index in [0.29, 0.717) is 31.7 Å². The van der Waals surface area contributed by atoms with Gasteiger partial charge in [-0.3, -0.25) is 14.5 Å². The Morgan fingerprint density at radius 1 is 1.29 bits per heavy atom. The molecular formula is C15H17Cl2N3O4. The summed E-state index contributed by atoms with van der Waals surface area (Å²) in [7, 11) is 0. The number of amides is 3. The summed E-state index contributed by atoms with van der Waals surface area (Å²) < 4.78 is 0. The summed E-state index contributed by atoms with van der Waals surface area (Å²) in [5.74, 6) is -1.74. The third-order valence-electron chi connectivity index (χ3n) is 4.17. The number of urea groups is 1. The van der Waals surface area contributed by atoms with Crippen LogP contribution in [0, 0.1) is 5.92 Å². The molecular weight excluding hydrogens is 357 g/mol. The molecule has 2 saturated heterocycles. The number of benzene rings is 1. The number of likely N-dealkylation sites (tertiary alicyclic amines) is 1. The van der Waals surface area contributed by atoms with E-state index < -0.39 is 11.9 Å². The highest BCUT2D eigenvalue weighted by Gasteiger charge is 2.32. The number of nitrogens with one attached hydrogen (secondary N) is 1. The van der Waals surface area contributed by atoms with Gasteiger partial charge in [-0.25, -0.2) is 4.79 Å². The van der Waals surface area contributed by atoms with Crippen LogP contribution < -0.4 is 10.2 Å². The molecule has 130 valence electrons.